The Kier molecular flexibility index (Phi) is 5.79. The van der Waals surface area contributed by atoms with Crippen molar-refractivity contribution in [2.24, 2.45) is 0 Å². The second-order valence-corrected chi connectivity index (χ2v) is 5.67. The summed E-state index contributed by atoms with van der Waals surface area (Å²) in [5, 5.41) is 7.88. The Hall–Kier alpha value is -1.36. The molecule has 21 heavy (non-hydrogen) atoms. The monoisotopic (exact) mass is 292 g/mol. The van der Waals surface area contributed by atoms with Crippen molar-refractivity contribution in [3.05, 3.63) is 17.5 Å². The number of amides is 1. The number of aryl methyl sites for hydroxylation is 2. The maximum absolute atomic E-state index is 13.0. The zero-order valence-electron chi connectivity index (χ0n) is 13.6. The van der Waals surface area contributed by atoms with Crippen molar-refractivity contribution in [3.63, 3.8) is 0 Å². The molecule has 0 atom stereocenters. The lowest BCUT2D eigenvalue weighted by Crippen LogP contribution is -2.47. The van der Waals surface area contributed by atoms with Gasteiger partial charge in [0.1, 0.15) is 5.69 Å². The molecule has 2 rings (SSSR count). The van der Waals surface area contributed by atoms with E-state index in [1.165, 1.54) is 0 Å². The molecule has 0 saturated carbocycles. The first-order valence-corrected chi connectivity index (χ1v) is 8.29. The topological polar surface area (TPSA) is 50.2 Å². The molecule has 0 bridgehead atoms. The lowest BCUT2D eigenvalue weighted by Gasteiger charge is -2.34. The zero-order chi connectivity index (χ0) is 15.2. The number of nitrogens with zero attached hydrogens (tertiary/aromatic N) is 3. The highest BCUT2D eigenvalue weighted by atomic mass is 16.2. The molecule has 0 unspecified atom stereocenters. The van der Waals surface area contributed by atoms with Gasteiger partial charge in [0.05, 0.1) is 5.69 Å². The van der Waals surface area contributed by atoms with Crippen LogP contribution >= 0.6 is 0 Å². The van der Waals surface area contributed by atoms with Gasteiger partial charge in [-0.05, 0) is 51.8 Å². The molecule has 0 aromatic carbocycles. The van der Waals surface area contributed by atoms with Gasteiger partial charge < -0.3 is 10.2 Å². The number of aromatic nitrogens is 2. The Morgan fingerprint density at radius 2 is 2.10 bits per heavy atom. The number of rotatable bonds is 6. The van der Waals surface area contributed by atoms with Crippen LogP contribution in [0.15, 0.2) is 6.07 Å². The van der Waals surface area contributed by atoms with E-state index < -0.39 is 0 Å². The Balaban J connectivity index is 2.22. The molecule has 1 N–H and O–H groups in total. The summed E-state index contributed by atoms with van der Waals surface area (Å²) in [6, 6.07) is 2.33. The predicted octanol–water partition coefficient (Wildman–Crippen LogP) is 2.07. The minimum absolute atomic E-state index is 0.151. The molecule has 118 valence electrons. The van der Waals surface area contributed by atoms with Gasteiger partial charge >= 0.3 is 0 Å². The Morgan fingerprint density at radius 3 is 2.67 bits per heavy atom. The molecule has 1 saturated heterocycles. The van der Waals surface area contributed by atoms with Gasteiger partial charge in [-0.25, -0.2) is 0 Å². The molecule has 0 aliphatic carbocycles. The highest BCUT2D eigenvalue weighted by Gasteiger charge is 2.27. The summed E-state index contributed by atoms with van der Waals surface area (Å²) < 4.78 is 1.85. The molecule has 1 aromatic heterocycles. The standard InChI is InChI=1S/C16H28N4O/c1-4-11-19(14-7-9-17-10-8-14)16(21)15-12-13(5-2)18-20(15)6-3/h12,14,17H,4-11H2,1-3H3. The molecule has 1 aliphatic rings. The van der Waals surface area contributed by atoms with Gasteiger partial charge in [-0.15, -0.1) is 0 Å². The van der Waals surface area contributed by atoms with Crippen LogP contribution in [0.25, 0.3) is 0 Å². The predicted molar refractivity (Wildman–Crippen MR) is 84.5 cm³/mol. The SMILES string of the molecule is CCCN(C(=O)c1cc(CC)nn1CC)C1CCNCC1. The third kappa shape index (κ3) is 3.64. The third-order valence-electron chi connectivity index (χ3n) is 4.19. The van der Waals surface area contributed by atoms with Gasteiger partial charge in [-0.2, -0.15) is 5.10 Å². The van der Waals surface area contributed by atoms with E-state index in [-0.39, 0.29) is 5.91 Å². The first-order valence-electron chi connectivity index (χ1n) is 8.29. The molecule has 2 heterocycles. The Labute approximate surface area is 127 Å². The van der Waals surface area contributed by atoms with Crippen LogP contribution in [0.1, 0.15) is 56.2 Å². The second-order valence-electron chi connectivity index (χ2n) is 5.67. The average molecular weight is 292 g/mol. The van der Waals surface area contributed by atoms with Gasteiger partial charge in [0, 0.05) is 19.1 Å². The largest absolute Gasteiger partial charge is 0.334 e. The fourth-order valence-electron chi connectivity index (χ4n) is 3.01. The second kappa shape index (κ2) is 7.59. The van der Waals surface area contributed by atoms with Gasteiger partial charge in [-0.3, -0.25) is 9.48 Å². The van der Waals surface area contributed by atoms with Gasteiger partial charge in [0.2, 0.25) is 0 Å². The van der Waals surface area contributed by atoms with E-state index in [0.29, 0.717) is 6.04 Å². The third-order valence-corrected chi connectivity index (χ3v) is 4.19. The first kappa shape index (κ1) is 16.0. The van der Waals surface area contributed by atoms with E-state index in [4.69, 9.17) is 0 Å². The van der Waals surface area contributed by atoms with Crippen LogP contribution in [0.5, 0.6) is 0 Å². The minimum atomic E-state index is 0.151. The lowest BCUT2D eigenvalue weighted by atomic mass is 10.0. The van der Waals surface area contributed by atoms with Crippen LogP contribution in [0.2, 0.25) is 0 Å². The number of nitrogens with one attached hydrogen (secondary N) is 1. The molecule has 1 aliphatic heterocycles. The number of piperidine rings is 1. The average Bonchev–Trinajstić information content (AvgIpc) is 2.96. The summed E-state index contributed by atoms with van der Waals surface area (Å²) in [5.74, 6) is 0.151. The van der Waals surface area contributed by atoms with E-state index in [1.54, 1.807) is 0 Å². The van der Waals surface area contributed by atoms with Crippen molar-refractivity contribution in [3.8, 4) is 0 Å². The highest BCUT2D eigenvalue weighted by Crippen LogP contribution is 2.17. The van der Waals surface area contributed by atoms with Crippen LogP contribution in [0.3, 0.4) is 0 Å². The van der Waals surface area contributed by atoms with E-state index >= 15 is 0 Å². The fourth-order valence-corrected chi connectivity index (χ4v) is 3.01. The smallest absolute Gasteiger partial charge is 0.272 e. The number of hydrogen-bond acceptors (Lipinski definition) is 3. The van der Waals surface area contributed by atoms with Crippen molar-refractivity contribution < 1.29 is 4.79 Å². The molecular formula is C16H28N4O. The van der Waals surface area contributed by atoms with Gasteiger partial charge in [0.15, 0.2) is 0 Å². The van der Waals surface area contributed by atoms with Crippen LogP contribution in [0.4, 0.5) is 0 Å². The highest BCUT2D eigenvalue weighted by molar-refractivity contribution is 5.93. The minimum Gasteiger partial charge on any atom is -0.334 e. The quantitative estimate of drug-likeness (QED) is 0.873. The summed E-state index contributed by atoms with van der Waals surface area (Å²) in [5.41, 5.74) is 1.75. The number of hydrogen-bond donors (Lipinski definition) is 1. The van der Waals surface area contributed by atoms with Crippen molar-refractivity contribution in [1.82, 2.24) is 20.0 Å². The molecule has 5 heteroatoms. The molecule has 0 spiro atoms. The maximum Gasteiger partial charge on any atom is 0.272 e. The molecule has 5 nitrogen and oxygen atoms in total. The van der Waals surface area contributed by atoms with Crippen molar-refractivity contribution in [2.45, 2.75) is 59.0 Å². The molecule has 1 aromatic rings. The zero-order valence-corrected chi connectivity index (χ0v) is 13.6. The summed E-state index contributed by atoms with van der Waals surface area (Å²) >= 11 is 0. The van der Waals surface area contributed by atoms with Crippen molar-refractivity contribution >= 4 is 5.91 Å². The first-order chi connectivity index (χ1) is 10.2. The Bertz CT molecular complexity index is 463. The fraction of sp³-hybridized carbons (Fsp3) is 0.750. The van der Waals surface area contributed by atoms with Crippen LogP contribution < -0.4 is 5.32 Å². The van der Waals surface area contributed by atoms with E-state index in [0.717, 1.165) is 63.3 Å². The molecular weight excluding hydrogens is 264 g/mol. The summed E-state index contributed by atoms with van der Waals surface area (Å²) in [7, 11) is 0. The Morgan fingerprint density at radius 1 is 1.38 bits per heavy atom. The summed E-state index contributed by atoms with van der Waals surface area (Å²) in [6.45, 7) is 9.84. The molecule has 0 radical (unpaired) electrons. The van der Waals surface area contributed by atoms with Gasteiger partial charge in [-0.1, -0.05) is 13.8 Å². The van der Waals surface area contributed by atoms with E-state index in [2.05, 4.69) is 29.2 Å². The molecule has 1 fully saturated rings. The van der Waals surface area contributed by atoms with Crippen molar-refractivity contribution in [1.29, 1.82) is 0 Å². The van der Waals surface area contributed by atoms with E-state index in [1.807, 2.05) is 17.7 Å². The number of carbonyl (C=O) groups is 1. The summed E-state index contributed by atoms with van der Waals surface area (Å²) in [6.07, 6.45) is 3.96. The van der Waals surface area contributed by atoms with E-state index in [9.17, 15) is 4.79 Å². The number of carbonyl (C=O) groups excluding carboxylic acids is 1. The van der Waals surface area contributed by atoms with Gasteiger partial charge in [0.25, 0.3) is 5.91 Å². The van der Waals surface area contributed by atoms with Crippen LogP contribution in [0, 0.1) is 0 Å². The lowest BCUT2D eigenvalue weighted by molar-refractivity contribution is 0.0630. The summed E-state index contributed by atoms with van der Waals surface area (Å²) in [4.78, 5) is 15.1. The maximum atomic E-state index is 13.0. The normalized spacial score (nSPS) is 16.1. The molecule has 1 amide bonds. The van der Waals surface area contributed by atoms with Crippen LogP contribution in [-0.4, -0.2) is 46.3 Å². The van der Waals surface area contributed by atoms with Crippen LogP contribution in [-0.2, 0) is 13.0 Å². The van der Waals surface area contributed by atoms with Crippen molar-refractivity contribution in [2.75, 3.05) is 19.6 Å².